The number of hydrogen-bond donors (Lipinski definition) is 5. The second-order valence-corrected chi connectivity index (χ2v) is 14.3. The number of aliphatic hydroxyl groups excluding tert-OH is 3. The molecule has 12 atom stereocenters. The molecule has 0 radical (unpaired) electrons. The van der Waals surface area contributed by atoms with E-state index in [0.29, 0.717) is 48.7 Å². The van der Waals surface area contributed by atoms with E-state index in [0.717, 1.165) is 44.9 Å². The molecule has 4 aliphatic carbocycles. The van der Waals surface area contributed by atoms with Gasteiger partial charge >= 0.3 is 5.97 Å². The minimum atomic E-state index is -0.977. The van der Waals surface area contributed by atoms with Crippen LogP contribution < -0.4 is 5.32 Å². The molecule has 5 N–H and O–H groups in total. The van der Waals surface area contributed by atoms with Gasteiger partial charge in [0.05, 0.1) is 18.3 Å². The van der Waals surface area contributed by atoms with Crippen molar-refractivity contribution in [2.45, 2.75) is 109 Å². The number of carbonyl (C=O) groups excluding carboxylic acids is 1. The van der Waals surface area contributed by atoms with Gasteiger partial charge in [0, 0.05) is 6.42 Å². The van der Waals surface area contributed by atoms with E-state index in [1.54, 1.807) is 11.8 Å². The van der Waals surface area contributed by atoms with E-state index in [2.05, 4.69) is 26.1 Å². The van der Waals surface area contributed by atoms with Gasteiger partial charge in [-0.2, -0.15) is 11.8 Å². The van der Waals surface area contributed by atoms with Crippen molar-refractivity contribution in [2.24, 2.45) is 46.3 Å². The number of thioether (sulfide) groups is 1. The molecule has 4 fully saturated rings. The van der Waals surface area contributed by atoms with E-state index >= 15 is 0 Å². The maximum Gasteiger partial charge on any atom is 0.326 e. The molecule has 4 aliphatic rings. The van der Waals surface area contributed by atoms with Crippen LogP contribution in [0.2, 0.25) is 0 Å². The van der Waals surface area contributed by atoms with Gasteiger partial charge in [-0.05, 0) is 116 Å². The first-order chi connectivity index (χ1) is 17.4. The molecule has 4 rings (SSSR count). The molecular formula is C29H49NO6S. The fraction of sp³-hybridized carbons (Fsp3) is 0.931. The zero-order chi connectivity index (χ0) is 27.1. The summed E-state index contributed by atoms with van der Waals surface area (Å²) in [6, 6.07) is -0.829. The highest BCUT2D eigenvalue weighted by atomic mass is 32.2. The van der Waals surface area contributed by atoms with Crippen LogP contribution in [0.3, 0.4) is 0 Å². The van der Waals surface area contributed by atoms with Gasteiger partial charge < -0.3 is 25.7 Å². The zero-order valence-electron chi connectivity index (χ0n) is 23.1. The molecule has 37 heavy (non-hydrogen) atoms. The van der Waals surface area contributed by atoms with Crippen LogP contribution in [-0.4, -0.2) is 68.7 Å². The third-order valence-electron chi connectivity index (χ3n) is 11.6. The molecule has 7 nitrogen and oxygen atoms in total. The number of hydrogen-bond acceptors (Lipinski definition) is 6. The van der Waals surface area contributed by atoms with Crippen molar-refractivity contribution in [1.29, 1.82) is 0 Å². The summed E-state index contributed by atoms with van der Waals surface area (Å²) in [4.78, 5) is 24.1. The Hall–Kier alpha value is -0.830. The van der Waals surface area contributed by atoms with Crippen LogP contribution >= 0.6 is 11.8 Å². The molecule has 1 amide bonds. The van der Waals surface area contributed by atoms with Crippen molar-refractivity contribution in [3.63, 3.8) is 0 Å². The summed E-state index contributed by atoms with van der Waals surface area (Å²) in [7, 11) is 0. The summed E-state index contributed by atoms with van der Waals surface area (Å²) in [5.74, 6) is 1.06. The molecule has 0 heterocycles. The lowest BCUT2D eigenvalue weighted by atomic mass is 9.43. The summed E-state index contributed by atoms with van der Waals surface area (Å²) in [5.41, 5.74) is 0.0275. The third kappa shape index (κ3) is 5.33. The lowest BCUT2D eigenvalue weighted by Gasteiger charge is -2.63. The Balaban J connectivity index is 1.42. The number of aliphatic hydroxyl groups is 3. The Morgan fingerprint density at radius 3 is 2.30 bits per heavy atom. The van der Waals surface area contributed by atoms with Crippen LogP contribution in [0.25, 0.3) is 0 Å². The van der Waals surface area contributed by atoms with Crippen LogP contribution in [0.1, 0.15) is 85.0 Å². The predicted molar refractivity (Wildman–Crippen MR) is 145 cm³/mol. The number of rotatable bonds is 9. The first-order valence-electron chi connectivity index (χ1n) is 14.5. The van der Waals surface area contributed by atoms with Crippen LogP contribution in [0.4, 0.5) is 0 Å². The highest BCUT2D eigenvalue weighted by Gasteiger charge is 2.65. The zero-order valence-corrected chi connectivity index (χ0v) is 23.9. The number of nitrogens with one attached hydrogen (secondary N) is 1. The van der Waals surface area contributed by atoms with Crippen molar-refractivity contribution in [2.75, 3.05) is 12.0 Å². The minimum Gasteiger partial charge on any atom is -0.480 e. The van der Waals surface area contributed by atoms with Gasteiger partial charge in [0.25, 0.3) is 0 Å². The van der Waals surface area contributed by atoms with Crippen molar-refractivity contribution >= 4 is 23.6 Å². The summed E-state index contributed by atoms with van der Waals surface area (Å²) in [5, 5.41) is 45.1. The average molecular weight is 540 g/mol. The standard InChI is InChI=1S/C29H49NO6S/c1-16(5-8-23(32)30-22(27(35)36)11-14-37-4)18-6-7-19-24-20(10-13-28(18,19)2)29(3)12-9-17(31)15-21(29)25(33)26(24)34/h16-22,24-26,31,33-34H,5-15H2,1-4H3,(H,30,32)(H,35,36)/t16-,17-,18-,19+,20+,21+,22+,24+,25+,26+,28-,29-/m1/s1. The molecule has 212 valence electrons. The monoisotopic (exact) mass is 539 g/mol. The Kier molecular flexibility index (Phi) is 8.94. The Labute approximate surface area is 226 Å². The fourth-order valence-electron chi connectivity index (χ4n) is 9.53. The maximum absolute atomic E-state index is 12.6. The summed E-state index contributed by atoms with van der Waals surface area (Å²) in [6.45, 7) is 6.91. The molecule has 0 unspecified atom stereocenters. The number of carbonyl (C=O) groups is 2. The Morgan fingerprint density at radius 2 is 1.62 bits per heavy atom. The summed E-state index contributed by atoms with van der Waals surface area (Å²) in [6.07, 6.45) is 8.05. The SMILES string of the molecule is CSCC[C@H](NC(=O)CC[C@@H](C)[C@H]1CC[C@H]2[C@@H]3[C@H](O)[C@@H](O)[C@@H]4C[C@H](O)CC[C@]4(C)[C@H]3CC[C@]12C)C(=O)O. The largest absolute Gasteiger partial charge is 0.480 e. The topological polar surface area (TPSA) is 127 Å². The lowest BCUT2D eigenvalue weighted by molar-refractivity contribution is -0.223. The number of carboxylic acids is 1. The van der Waals surface area contributed by atoms with Crippen molar-refractivity contribution in [1.82, 2.24) is 5.32 Å². The molecule has 0 aromatic heterocycles. The van der Waals surface area contributed by atoms with E-state index in [4.69, 9.17) is 0 Å². The molecule has 8 heteroatoms. The van der Waals surface area contributed by atoms with Gasteiger partial charge in [0.15, 0.2) is 0 Å². The van der Waals surface area contributed by atoms with E-state index < -0.39 is 24.2 Å². The maximum atomic E-state index is 12.6. The summed E-state index contributed by atoms with van der Waals surface area (Å²) < 4.78 is 0. The van der Waals surface area contributed by atoms with Crippen molar-refractivity contribution in [3.8, 4) is 0 Å². The van der Waals surface area contributed by atoms with Gasteiger partial charge in [-0.1, -0.05) is 20.8 Å². The molecule has 0 aliphatic heterocycles. The number of fused-ring (bicyclic) bond motifs is 5. The van der Waals surface area contributed by atoms with E-state index in [9.17, 15) is 30.0 Å². The molecule has 0 aromatic rings. The van der Waals surface area contributed by atoms with Crippen LogP contribution in [-0.2, 0) is 9.59 Å². The minimum absolute atomic E-state index is 0.0391. The van der Waals surface area contributed by atoms with Crippen molar-refractivity contribution in [3.05, 3.63) is 0 Å². The first kappa shape index (κ1) is 29.2. The molecule has 0 aromatic carbocycles. The van der Waals surface area contributed by atoms with Gasteiger partial charge in [-0.3, -0.25) is 4.79 Å². The van der Waals surface area contributed by atoms with E-state index in [1.807, 2.05) is 6.26 Å². The average Bonchev–Trinajstić information content (AvgIpc) is 3.21. The fourth-order valence-corrected chi connectivity index (χ4v) is 10.0. The molecule has 0 saturated heterocycles. The molecular weight excluding hydrogens is 490 g/mol. The highest BCUT2D eigenvalue weighted by molar-refractivity contribution is 7.98. The first-order valence-corrected chi connectivity index (χ1v) is 15.9. The van der Waals surface area contributed by atoms with E-state index in [-0.39, 0.29) is 34.7 Å². The van der Waals surface area contributed by atoms with Gasteiger partial charge in [0.2, 0.25) is 5.91 Å². The van der Waals surface area contributed by atoms with Crippen molar-refractivity contribution < 1.29 is 30.0 Å². The van der Waals surface area contributed by atoms with E-state index in [1.165, 1.54) is 0 Å². The lowest BCUT2D eigenvalue weighted by Crippen LogP contribution is -2.64. The number of amides is 1. The van der Waals surface area contributed by atoms with Crippen LogP contribution in [0, 0.1) is 46.3 Å². The van der Waals surface area contributed by atoms with Gasteiger partial charge in [-0.25, -0.2) is 4.79 Å². The van der Waals surface area contributed by atoms with Crippen LogP contribution in [0.15, 0.2) is 0 Å². The second-order valence-electron chi connectivity index (χ2n) is 13.3. The smallest absolute Gasteiger partial charge is 0.326 e. The number of carboxylic acid groups (broad SMARTS) is 1. The number of aliphatic carboxylic acids is 1. The third-order valence-corrected chi connectivity index (χ3v) is 12.2. The second kappa shape index (κ2) is 11.3. The van der Waals surface area contributed by atoms with Gasteiger partial charge in [0.1, 0.15) is 6.04 Å². The predicted octanol–water partition coefficient (Wildman–Crippen LogP) is 3.69. The summed E-state index contributed by atoms with van der Waals surface area (Å²) >= 11 is 1.57. The Morgan fingerprint density at radius 1 is 0.946 bits per heavy atom. The Bertz CT molecular complexity index is 841. The normalized spacial score (nSPS) is 44.7. The quantitative estimate of drug-likeness (QED) is 0.302. The molecule has 4 saturated carbocycles. The van der Waals surface area contributed by atoms with Crippen LogP contribution in [0.5, 0.6) is 0 Å². The van der Waals surface area contributed by atoms with Gasteiger partial charge in [-0.15, -0.1) is 0 Å². The molecule has 0 spiro atoms. The molecule has 0 bridgehead atoms. The highest BCUT2D eigenvalue weighted by Crippen LogP contribution is 2.68.